The van der Waals surface area contributed by atoms with Gasteiger partial charge in [-0.05, 0) is 25.7 Å². The van der Waals surface area contributed by atoms with E-state index in [0.717, 1.165) is 0 Å². The number of carboxylic acid groups (broad SMARTS) is 1. The van der Waals surface area contributed by atoms with Crippen LogP contribution in [0.5, 0.6) is 0 Å². The second-order valence-electron chi connectivity index (χ2n) is 3.98. The van der Waals surface area contributed by atoms with Crippen LogP contribution in [0.1, 0.15) is 32.6 Å². The van der Waals surface area contributed by atoms with Crippen LogP contribution in [0, 0.1) is 5.92 Å². The molecule has 1 fully saturated rings. The summed E-state index contributed by atoms with van der Waals surface area (Å²) >= 11 is 0. The van der Waals surface area contributed by atoms with Gasteiger partial charge in [0.15, 0.2) is 0 Å². The lowest BCUT2D eigenvalue weighted by Gasteiger charge is -2.24. The molecule has 0 aromatic carbocycles. The lowest BCUT2D eigenvalue weighted by atomic mass is 10.1. The van der Waals surface area contributed by atoms with Gasteiger partial charge >= 0.3 is 5.97 Å². The predicted molar refractivity (Wildman–Crippen MR) is 51.8 cm³/mol. The largest absolute Gasteiger partial charge is 0.481 e. The summed E-state index contributed by atoms with van der Waals surface area (Å²) in [7, 11) is 1.76. The highest BCUT2D eigenvalue weighted by Crippen LogP contribution is 2.34. The van der Waals surface area contributed by atoms with Gasteiger partial charge in [0.2, 0.25) is 5.91 Å². The summed E-state index contributed by atoms with van der Waals surface area (Å²) in [6.07, 6.45) is 2.43. The minimum absolute atomic E-state index is 0.0631. The first-order chi connectivity index (χ1) is 6.52. The zero-order valence-electron chi connectivity index (χ0n) is 8.69. The number of aliphatic carboxylic acids is 1. The van der Waals surface area contributed by atoms with Crippen LogP contribution < -0.4 is 0 Å². The summed E-state index contributed by atoms with van der Waals surface area (Å²) in [6, 6.07) is 0.260. The second kappa shape index (κ2) is 4.44. The van der Waals surface area contributed by atoms with Gasteiger partial charge in [0.05, 0.1) is 6.42 Å². The molecule has 0 aliphatic heterocycles. The summed E-state index contributed by atoms with van der Waals surface area (Å²) in [5.74, 6) is -0.341. The van der Waals surface area contributed by atoms with Gasteiger partial charge in [-0.1, -0.05) is 0 Å². The summed E-state index contributed by atoms with van der Waals surface area (Å²) in [5.41, 5.74) is 0. The molecule has 1 atom stereocenters. The van der Waals surface area contributed by atoms with E-state index < -0.39 is 5.97 Å². The molecule has 1 rings (SSSR count). The standard InChI is InChI=1S/C10H17NO3/c1-7(8-3-4-8)11(2)9(12)5-6-10(13)14/h7-8H,3-6H2,1-2H3,(H,13,14). The molecule has 4 heteroatoms. The lowest BCUT2D eigenvalue weighted by molar-refractivity contribution is -0.141. The van der Waals surface area contributed by atoms with Crippen LogP contribution in [0.3, 0.4) is 0 Å². The van der Waals surface area contributed by atoms with Gasteiger partial charge in [0, 0.05) is 19.5 Å². The maximum Gasteiger partial charge on any atom is 0.303 e. The van der Waals surface area contributed by atoms with Gasteiger partial charge in [-0.25, -0.2) is 0 Å². The molecule has 0 saturated heterocycles. The van der Waals surface area contributed by atoms with Crippen molar-refractivity contribution in [2.24, 2.45) is 5.92 Å². The van der Waals surface area contributed by atoms with E-state index in [-0.39, 0.29) is 24.8 Å². The molecule has 4 nitrogen and oxygen atoms in total. The van der Waals surface area contributed by atoms with Crippen molar-refractivity contribution < 1.29 is 14.7 Å². The number of hydrogen-bond acceptors (Lipinski definition) is 2. The Labute approximate surface area is 83.9 Å². The van der Waals surface area contributed by atoms with Gasteiger partial charge in [-0.3, -0.25) is 9.59 Å². The van der Waals surface area contributed by atoms with Crippen molar-refractivity contribution in [2.75, 3.05) is 7.05 Å². The molecule has 1 unspecified atom stereocenters. The van der Waals surface area contributed by atoms with Crippen molar-refractivity contribution in [1.82, 2.24) is 4.90 Å². The molecule has 80 valence electrons. The van der Waals surface area contributed by atoms with Crippen LogP contribution in [-0.2, 0) is 9.59 Å². The number of amides is 1. The fraction of sp³-hybridized carbons (Fsp3) is 0.800. The maximum atomic E-state index is 11.5. The van der Waals surface area contributed by atoms with Crippen LogP contribution in [0.2, 0.25) is 0 Å². The molecule has 0 heterocycles. The van der Waals surface area contributed by atoms with E-state index in [9.17, 15) is 9.59 Å². The summed E-state index contributed by atoms with van der Waals surface area (Å²) in [5, 5.41) is 8.43. The third-order valence-corrected chi connectivity index (χ3v) is 2.86. The van der Waals surface area contributed by atoms with Crippen molar-refractivity contribution in [2.45, 2.75) is 38.6 Å². The average molecular weight is 199 g/mol. The number of rotatable bonds is 5. The molecule has 0 aromatic rings. The Morgan fingerprint density at radius 3 is 2.43 bits per heavy atom. The van der Waals surface area contributed by atoms with E-state index in [0.29, 0.717) is 5.92 Å². The molecule has 0 bridgehead atoms. The molecule has 1 aliphatic rings. The van der Waals surface area contributed by atoms with Crippen molar-refractivity contribution >= 4 is 11.9 Å². The second-order valence-corrected chi connectivity index (χ2v) is 3.98. The van der Waals surface area contributed by atoms with E-state index in [1.54, 1.807) is 11.9 Å². The third kappa shape index (κ3) is 3.01. The van der Waals surface area contributed by atoms with Crippen LogP contribution in [-0.4, -0.2) is 35.0 Å². The topological polar surface area (TPSA) is 57.6 Å². The van der Waals surface area contributed by atoms with E-state index in [2.05, 4.69) is 0 Å². The smallest absolute Gasteiger partial charge is 0.303 e. The quantitative estimate of drug-likeness (QED) is 0.721. The normalized spacial score (nSPS) is 17.6. The molecule has 1 amide bonds. The molecule has 1 saturated carbocycles. The number of nitrogens with zero attached hydrogens (tertiary/aromatic N) is 1. The van der Waals surface area contributed by atoms with Crippen molar-refractivity contribution in [1.29, 1.82) is 0 Å². The van der Waals surface area contributed by atoms with E-state index in [4.69, 9.17) is 5.11 Å². The monoisotopic (exact) mass is 199 g/mol. The Morgan fingerprint density at radius 2 is 2.00 bits per heavy atom. The predicted octanol–water partition coefficient (Wildman–Crippen LogP) is 1.11. The SMILES string of the molecule is CC(C1CC1)N(C)C(=O)CCC(=O)O. The molecule has 1 aliphatic carbocycles. The van der Waals surface area contributed by atoms with Crippen LogP contribution in [0.4, 0.5) is 0 Å². The number of carboxylic acids is 1. The zero-order chi connectivity index (χ0) is 10.7. The molecule has 0 radical (unpaired) electrons. The van der Waals surface area contributed by atoms with Gasteiger partial charge in [0.1, 0.15) is 0 Å². The molecule has 0 spiro atoms. The van der Waals surface area contributed by atoms with Gasteiger partial charge < -0.3 is 10.0 Å². The average Bonchev–Trinajstić information content (AvgIpc) is 2.94. The number of hydrogen-bond donors (Lipinski definition) is 1. The first-order valence-electron chi connectivity index (χ1n) is 5.00. The highest BCUT2D eigenvalue weighted by molar-refractivity contribution is 5.80. The van der Waals surface area contributed by atoms with E-state index in [1.165, 1.54) is 12.8 Å². The minimum Gasteiger partial charge on any atom is -0.481 e. The van der Waals surface area contributed by atoms with Gasteiger partial charge in [-0.15, -0.1) is 0 Å². The number of carbonyl (C=O) groups excluding carboxylic acids is 1. The molecule has 14 heavy (non-hydrogen) atoms. The fourth-order valence-electron chi connectivity index (χ4n) is 1.51. The lowest BCUT2D eigenvalue weighted by Crippen LogP contribution is -2.36. The minimum atomic E-state index is -0.911. The first kappa shape index (κ1) is 11.0. The molecular weight excluding hydrogens is 182 g/mol. The Morgan fingerprint density at radius 1 is 1.43 bits per heavy atom. The van der Waals surface area contributed by atoms with Gasteiger partial charge in [-0.2, -0.15) is 0 Å². The highest BCUT2D eigenvalue weighted by Gasteiger charge is 2.32. The molecule has 0 aromatic heterocycles. The molecule has 1 N–H and O–H groups in total. The first-order valence-corrected chi connectivity index (χ1v) is 5.00. The van der Waals surface area contributed by atoms with E-state index >= 15 is 0 Å². The van der Waals surface area contributed by atoms with Crippen molar-refractivity contribution in [3.63, 3.8) is 0 Å². The third-order valence-electron chi connectivity index (χ3n) is 2.86. The van der Waals surface area contributed by atoms with Gasteiger partial charge in [0.25, 0.3) is 0 Å². The van der Waals surface area contributed by atoms with Crippen LogP contribution >= 0.6 is 0 Å². The molecular formula is C10H17NO3. The Balaban J connectivity index is 2.31. The van der Waals surface area contributed by atoms with Crippen molar-refractivity contribution in [3.8, 4) is 0 Å². The highest BCUT2D eigenvalue weighted by atomic mass is 16.4. The Hall–Kier alpha value is -1.06. The zero-order valence-corrected chi connectivity index (χ0v) is 8.69. The Kier molecular flexibility index (Phi) is 3.49. The fourth-order valence-corrected chi connectivity index (χ4v) is 1.51. The summed E-state index contributed by atoms with van der Waals surface area (Å²) in [4.78, 5) is 23.4. The van der Waals surface area contributed by atoms with Crippen LogP contribution in [0.15, 0.2) is 0 Å². The van der Waals surface area contributed by atoms with Crippen molar-refractivity contribution in [3.05, 3.63) is 0 Å². The summed E-state index contributed by atoms with van der Waals surface area (Å²) in [6.45, 7) is 2.02. The van der Waals surface area contributed by atoms with E-state index in [1.807, 2.05) is 6.92 Å². The van der Waals surface area contributed by atoms with Crippen LogP contribution in [0.25, 0.3) is 0 Å². The number of carbonyl (C=O) groups is 2. The maximum absolute atomic E-state index is 11.5. The Bertz CT molecular complexity index is 236. The summed E-state index contributed by atoms with van der Waals surface area (Å²) < 4.78 is 0.